The van der Waals surface area contributed by atoms with Crippen LogP contribution in [-0.2, 0) is 4.79 Å². The number of aromatic nitrogens is 1. The molecule has 1 atom stereocenters. The molecule has 5 rings (SSSR count). The fourth-order valence-electron chi connectivity index (χ4n) is 5.80. The van der Waals surface area contributed by atoms with Gasteiger partial charge in [-0.2, -0.15) is 0 Å². The molecule has 1 saturated carbocycles. The van der Waals surface area contributed by atoms with E-state index in [1.165, 1.54) is 0 Å². The molecule has 2 aliphatic heterocycles. The van der Waals surface area contributed by atoms with Crippen LogP contribution in [0.2, 0.25) is 0 Å². The van der Waals surface area contributed by atoms with Crippen molar-refractivity contribution in [3.63, 3.8) is 0 Å². The average Bonchev–Trinajstić information content (AvgIpc) is 3.55. The van der Waals surface area contributed by atoms with Gasteiger partial charge in [-0.15, -0.1) is 0 Å². The molecule has 1 unspecified atom stereocenters. The number of carbonyl (C=O) groups excluding carboxylic acids is 2. The van der Waals surface area contributed by atoms with E-state index in [-0.39, 0.29) is 17.9 Å². The van der Waals surface area contributed by atoms with E-state index in [1.807, 2.05) is 30.2 Å². The molecule has 2 N–H and O–H groups in total. The maximum Gasteiger partial charge on any atom is 0.254 e. The normalized spacial score (nSPS) is 19.9. The van der Waals surface area contributed by atoms with Crippen molar-refractivity contribution in [1.82, 2.24) is 15.2 Å². The molecule has 36 heavy (non-hydrogen) atoms. The van der Waals surface area contributed by atoms with Crippen molar-refractivity contribution < 1.29 is 14.7 Å². The van der Waals surface area contributed by atoms with Gasteiger partial charge in [0.05, 0.1) is 0 Å². The third-order valence-corrected chi connectivity index (χ3v) is 7.75. The lowest BCUT2D eigenvalue weighted by molar-refractivity contribution is -0.117. The van der Waals surface area contributed by atoms with Crippen LogP contribution in [0.3, 0.4) is 0 Å². The summed E-state index contributed by atoms with van der Waals surface area (Å²) in [6, 6.07) is 7.85. The first-order chi connectivity index (χ1) is 17.4. The number of rotatable bonds is 6. The van der Waals surface area contributed by atoms with Crippen LogP contribution < -0.4 is 15.1 Å². The van der Waals surface area contributed by atoms with Crippen LogP contribution in [0.15, 0.2) is 30.5 Å². The number of anilines is 2. The standard InChI is InChI=1S/C28H37N5O3/c1-19-16-20(2)26(29-18-19)31-12-14-32(15-13-31)28(36)23-10-9-22(33-11-5-8-25(33)34)17-24(23)27(35)30-21-6-3-4-7-21/h9-10,16-18,21,27,30,35H,3-8,11-15H2,1-2H3. The summed E-state index contributed by atoms with van der Waals surface area (Å²) >= 11 is 0. The average molecular weight is 492 g/mol. The molecule has 2 amide bonds. The number of nitrogens with zero attached hydrogens (tertiary/aromatic N) is 4. The molecule has 1 aliphatic carbocycles. The fraction of sp³-hybridized carbons (Fsp3) is 0.536. The van der Waals surface area contributed by atoms with Crippen LogP contribution in [0, 0.1) is 13.8 Å². The van der Waals surface area contributed by atoms with Gasteiger partial charge in [0.2, 0.25) is 5.91 Å². The lowest BCUT2D eigenvalue weighted by Gasteiger charge is -2.36. The largest absolute Gasteiger partial charge is 0.374 e. The van der Waals surface area contributed by atoms with Gasteiger partial charge in [-0.3, -0.25) is 14.9 Å². The van der Waals surface area contributed by atoms with Gasteiger partial charge in [-0.05, 0) is 62.4 Å². The molecule has 1 aromatic carbocycles. The van der Waals surface area contributed by atoms with Gasteiger partial charge in [0.15, 0.2) is 0 Å². The SMILES string of the molecule is Cc1cnc(N2CCN(C(=O)c3ccc(N4CCCC4=O)cc3C(O)NC3CCCC3)CC2)c(C)c1. The molecule has 8 heteroatoms. The van der Waals surface area contributed by atoms with Crippen molar-refractivity contribution in [2.24, 2.45) is 0 Å². The molecular formula is C28H37N5O3. The number of aliphatic hydroxyl groups excluding tert-OH is 1. The van der Waals surface area contributed by atoms with Crippen molar-refractivity contribution in [2.75, 3.05) is 42.5 Å². The fourth-order valence-corrected chi connectivity index (χ4v) is 5.80. The molecule has 192 valence electrons. The topological polar surface area (TPSA) is 89.0 Å². The first-order valence-electron chi connectivity index (χ1n) is 13.3. The third kappa shape index (κ3) is 5.11. The predicted molar refractivity (Wildman–Crippen MR) is 140 cm³/mol. The molecule has 2 saturated heterocycles. The van der Waals surface area contributed by atoms with Gasteiger partial charge in [-0.25, -0.2) is 4.98 Å². The summed E-state index contributed by atoms with van der Waals surface area (Å²) in [5.74, 6) is 0.989. The second-order valence-electron chi connectivity index (χ2n) is 10.4. The molecular weight excluding hydrogens is 454 g/mol. The minimum Gasteiger partial charge on any atom is -0.374 e. The molecule has 2 aromatic rings. The van der Waals surface area contributed by atoms with E-state index in [4.69, 9.17) is 0 Å². The van der Waals surface area contributed by atoms with E-state index in [0.29, 0.717) is 50.3 Å². The number of aryl methyl sites for hydroxylation is 2. The third-order valence-electron chi connectivity index (χ3n) is 7.75. The molecule has 0 radical (unpaired) electrons. The number of benzene rings is 1. The Morgan fingerprint density at radius 3 is 2.47 bits per heavy atom. The molecule has 1 aromatic heterocycles. The molecule has 3 aliphatic rings. The van der Waals surface area contributed by atoms with E-state index in [9.17, 15) is 14.7 Å². The van der Waals surface area contributed by atoms with Crippen LogP contribution in [-0.4, -0.2) is 65.6 Å². The van der Waals surface area contributed by atoms with Gasteiger partial charge < -0.3 is 19.8 Å². The summed E-state index contributed by atoms with van der Waals surface area (Å²) in [6.45, 7) is 7.38. The number of carbonyl (C=O) groups is 2. The van der Waals surface area contributed by atoms with Crippen molar-refractivity contribution in [1.29, 1.82) is 0 Å². The Hall–Kier alpha value is -2.97. The smallest absolute Gasteiger partial charge is 0.254 e. The Bertz CT molecular complexity index is 1120. The van der Waals surface area contributed by atoms with Gasteiger partial charge in [0.1, 0.15) is 12.0 Å². The van der Waals surface area contributed by atoms with Crippen LogP contribution in [0.1, 0.15) is 71.8 Å². The molecule has 0 bridgehead atoms. The Kier molecular flexibility index (Phi) is 7.25. The number of hydrogen-bond acceptors (Lipinski definition) is 6. The highest BCUT2D eigenvalue weighted by molar-refractivity contribution is 5.99. The van der Waals surface area contributed by atoms with Gasteiger partial charge in [-0.1, -0.05) is 18.9 Å². The zero-order valence-corrected chi connectivity index (χ0v) is 21.4. The van der Waals surface area contributed by atoms with E-state index < -0.39 is 6.23 Å². The molecule has 8 nitrogen and oxygen atoms in total. The quantitative estimate of drug-likeness (QED) is 0.603. The highest BCUT2D eigenvalue weighted by Gasteiger charge is 2.30. The summed E-state index contributed by atoms with van der Waals surface area (Å²) in [4.78, 5) is 36.5. The number of aliphatic hydroxyl groups is 1. The Balaban J connectivity index is 1.35. The van der Waals surface area contributed by atoms with E-state index in [1.54, 1.807) is 11.0 Å². The lowest BCUT2D eigenvalue weighted by Crippen LogP contribution is -2.49. The second-order valence-corrected chi connectivity index (χ2v) is 10.4. The number of hydrogen-bond donors (Lipinski definition) is 2. The number of piperazine rings is 1. The van der Waals surface area contributed by atoms with Gasteiger partial charge in [0.25, 0.3) is 5.91 Å². The predicted octanol–water partition coefficient (Wildman–Crippen LogP) is 3.31. The first-order valence-corrected chi connectivity index (χ1v) is 13.3. The Morgan fingerprint density at radius 2 is 1.81 bits per heavy atom. The van der Waals surface area contributed by atoms with Gasteiger partial charge >= 0.3 is 0 Å². The minimum absolute atomic E-state index is 0.0789. The maximum atomic E-state index is 13.7. The van der Waals surface area contributed by atoms with Crippen LogP contribution in [0.4, 0.5) is 11.5 Å². The molecule has 3 heterocycles. The summed E-state index contributed by atoms with van der Waals surface area (Å²) in [5.41, 5.74) is 4.10. The van der Waals surface area contributed by atoms with Crippen molar-refractivity contribution >= 4 is 23.3 Å². The van der Waals surface area contributed by atoms with Crippen molar-refractivity contribution in [2.45, 2.75) is 64.6 Å². The Labute approximate surface area is 213 Å². The summed E-state index contributed by atoms with van der Waals surface area (Å²) < 4.78 is 0. The lowest BCUT2D eigenvalue weighted by atomic mass is 10.0. The van der Waals surface area contributed by atoms with Crippen LogP contribution in [0.5, 0.6) is 0 Å². The minimum atomic E-state index is -0.953. The summed E-state index contributed by atoms with van der Waals surface area (Å²) in [5, 5.41) is 14.5. The van der Waals surface area contributed by atoms with E-state index >= 15 is 0 Å². The monoisotopic (exact) mass is 491 g/mol. The summed E-state index contributed by atoms with van der Waals surface area (Å²) in [6.07, 6.45) is 6.66. The first kappa shape index (κ1) is 24.7. The zero-order valence-electron chi connectivity index (χ0n) is 21.4. The highest BCUT2D eigenvalue weighted by atomic mass is 16.3. The van der Waals surface area contributed by atoms with Crippen molar-refractivity contribution in [3.05, 3.63) is 52.7 Å². The second kappa shape index (κ2) is 10.6. The maximum absolute atomic E-state index is 13.7. The van der Waals surface area contributed by atoms with Gasteiger partial charge in [0, 0.05) is 68.2 Å². The van der Waals surface area contributed by atoms with Crippen molar-refractivity contribution in [3.8, 4) is 0 Å². The Morgan fingerprint density at radius 1 is 1.06 bits per heavy atom. The van der Waals surface area contributed by atoms with Crippen LogP contribution in [0.25, 0.3) is 0 Å². The molecule has 3 fully saturated rings. The number of amides is 2. The highest BCUT2D eigenvalue weighted by Crippen LogP contribution is 2.30. The zero-order chi connectivity index (χ0) is 25.2. The molecule has 0 spiro atoms. The number of pyridine rings is 1. The summed E-state index contributed by atoms with van der Waals surface area (Å²) in [7, 11) is 0. The van der Waals surface area contributed by atoms with E-state index in [0.717, 1.165) is 54.7 Å². The number of nitrogens with one attached hydrogen (secondary N) is 1. The van der Waals surface area contributed by atoms with E-state index in [2.05, 4.69) is 28.2 Å². The van der Waals surface area contributed by atoms with Crippen LogP contribution >= 0.6 is 0 Å².